The van der Waals surface area contributed by atoms with Gasteiger partial charge in [0.1, 0.15) is 39.3 Å². The Hall–Kier alpha value is -4.71. The van der Waals surface area contributed by atoms with Gasteiger partial charge >= 0.3 is 6.18 Å². The molecule has 0 atom stereocenters. The summed E-state index contributed by atoms with van der Waals surface area (Å²) in [5.74, 6) is -1.59. The van der Waals surface area contributed by atoms with Gasteiger partial charge in [0.2, 0.25) is 5.91 Å². The van der Waals surface area contributed by atoms with Gasteiger partial charge in [-0.15, -0.1) is 11.3 Å². The Morgan fingerprint density at radius 3 is 2.48 bits per heavy atom. The van der Waals surface area contributed by atoms with Crippen molar-refractivity contribution in [2.45, 2.75) is 19.6 Å². The molecule has 10 nitrogen and oxygen atoms in total. The first-order valence-corrected chi connectivity index (χ1v) is 12.4. The lowest BCUT2D eigenvalue weighted by Crippen LogP contribution is -2.37. The third-order valence-electron chi connectivity index (χ3n) is 5.24. The van der Waals surface area contributed by atoms with Crippen LogP contribution in [0, 0.1) is 17.1 Å². The number of anilines is 3. The SMILES string of the molecule is CCn1c(=O)/c(=C\Nc2cccc(NC(=O)CN(C)c3ccc(F)cc3)n2)s/c1=C(/C#N)C(=O)NCC(F)(F)F. The maximum Gasteiger partial charge on any atom is 0.405 e. The zero-order valence-electron chi connectivity index (χ0n) is 21.2. The first-order valence-electron chi connectivity index (χ1n) is 11.6. The van der Waals surface area contributed by atoms with Crippen LogP contribution in [-0.4, -0.2) is 47.7 Å². The van der Waals surface area contributed by atoms with Crippen molar-refractivity contribution in [3.63, 3.8) is 0 Å². The van der Waals surface area contributed by atoms with Crippen LogP contribution in [-0.2, 0) is 16.1 Å². The van der Waals surface area contributed by atoms with E-state index in [4.69, 9.17) is 0 Å². The predicted octanol–water partition coefficient (Wildman–Crippen LogP) is 1.74. The lowest BCUT2D eigenvalue weighted by atomic mass is 10.3. The quantitative estimate of drug-likeness (QED) is 0.330. The van der Waals surface area contributed by atoms with Crippen LogP contribution >= 0.6 is 11.3 Å². The molecule has 210 valence electrons. The lowest BCUT2D eigenvalue weighted by Gasteiger charge is -2.18. The number of pyridine rings is 1. The molecule has 1 aromatic carbocycles. The van der Waals surface area contributed by atoms with Crippen LogP contribution in [0.5, 0.6) is 0 Å². The summed E-state index contributed by atoms with van der Waals surface area (Å²) in [4.78, 5) is 43.4. The first-order chi connectivity index (χ1) is 18.9. The Morgan fingerprint density at radius 2 is 1.85 bits per heavy atom. The number of carbonyl (C=O) groups is 2. The number of alkyl halides is 3. The minimum atomic E-state index is -4.67. The van der Waals surface area contributed by atoms with E-state index < -0.39 is 41.5 Å². The van der Waals surface area contributed by atoms with Gasteiger partial charge in [-0.2, -0.15) is 18.4 Å². The third kappa shape index (κ3) is 7.90. The van der Waals surface area contributed by atoms with E-state index in [2.05, 4.69) is 15.6 Å². The van der Waals surface area contributed by atoms with Crippen LogP contribution in [0.2, 0.25) is 0 Å². The van der Waals surface area contributed by atoms with Crippen molar-refractivity contribution in [3.8, 4) is 6.07 Å². The van der Waals surface area contributed by atoms with E-state index in [9.17, 15) is 37.2 Å². The largest absolute Gasteiger partial charge is 0.405 e. The number of nitrogens with zero attached hydrogens (tertiary/aromatic N) is 4. The average molecular weight is 578 g/mol. The molecule has 40 heavy (non-hydrogen) atoms. The van der Waals surface area contributed by atoms with Crippen molar-refractivity contribution >= 4 is 52.2 Å². The maximum atomic E-state index is 13.1. The average Bonchev–Trinajstić information content (AvgIpc) is 3.21. The molecular weight excluding hydrogens is 554 g/mol. The van der Waals surface area contributed by atoms with E-state index in [1.54, 1.807) is 48.5 Å². The zero-order valence-corrected chi connectivity index (χ0v) is 22.0. The molecule has 2 heterocycles. The smallest absolute Gasteiger partial charge is 0.365 e. The topological polar surface area (TPSA) is 132 Å². The fourth-order valence-corrected chi connectivity index (χ4v) is 4.45. The fourth-order valence-electron chi connectivity index (χ4n) is 3.37. The first kappa shape index (κ1) is 29.8. The number of nitrogens with one attached hydrogen (secondary N) is 3. The van der Waals surface area contributed by atoms with Gasteiger partial charge in [0, 0.05) is 25.5 Å². The van der Waals surface area contributed by atoms with Crippen molar-refractivity contribution in [3.05, 3.63) is 67.8 Å². The van der Waals surface area contributed by atoms with Crippen molar-refractivity contribution in [2.75, 3.05) is 35.7 Å². The van der Waals surface area contributed by atoms with Gasteiger partial charge in [-0.25, -0.2) is 9.37 Å². The number of hydrogen-bond acceptors (Lipinski definition) is 8. The summed E-state index contributed by atoms with van der Waals surface area (Å²) in [5, 5.41) is 16.5. The number of benzene rings is 1. The highest BCUT2D eigenvalue weighted by Crippen LogP contribution is 2.14. The summed E-state index contributed by atoms with van der Waals surface area (Å²) < 4.78 is 51.6. The standard InChI is InChI=1S/C25H23F4N7O3S/c1-3-36-23(39)18(40-24(36)17(11-30)22(38)32-14-25(27,28)29)12-31-19-5-4-6-20(33-19)34-21(37)13-35(2)16-9-7-15(26)8-10-16/h4-10,12H,3,13-14H2,1-2H3,(H,32,38)(H2,31,33,34,37)/b18-12+,24-17-. The molecule has 3 aromatic rings. The van der Waals surface area contributed by atoms with E-state index in [-0.39, 0.29) is 33.9 Å². The van der Waals surface area contributed by atoms with Gasteiger partial charge < -0.3 is 20.9 Å². The Kier molecular flexibility index (Phi) is 9.62. The van der Waals surface area contributed by atoms with Crippen LogP contribution in [0.25, 0.3) is 11.8 Å². The van der Waals surface area contributed by atoms with E-state index in [1.807, 2.05) is 0 Å². The Morgan fingerprint density at radius 1 is 1.18 bits per heavy atom. The molecule has 2 aromatic heterocycles. The highest BCUT2D eigenvalue weighted by molar-refractivity contribution is 7.07. The van der Waals surface area contributed by atoms with Crippen molar-refractivity contribution in [1.82, 2.24) is 14.9 Å². The van der Waals surface area contributed by atoms with E-state index in [0.29, 0.717) is 5.69 Å². The number of nitriles is 1. The molecular formula is C25H23F4N7O3S. The van der Waals surface area contributed by atoms with Crippen molar-refractivity contribution in [1.29, 1.82) is 5.26 Å². The van der Waals surface area contributed by atoms with Crippen LogP contribution in [0.3, 0.4) is 0 Å². The summed E-state index contributed by atoms with van der Waals surface area (Å²) in [6, 6.07) is 11.9. The molecule has 0 spiro atoms. The number of aromatic nitrogens is 2. The second-order valence-corrected chi connectivity index (χ2v) is 9.21. The van der Waals surface area contributed by atoms with E-state index >= 15 is 0 Å². The summed E-state index contributed by atoms with van der Waals surface area (Å²) >= 11 is 0.749. The summed E-state index contributed by atoms with van der Waals surface area (Å²) in [6.07, 6.45) is -3.39. The molecule has 3 rings (SSSR count). The lowest BCUT2D eigenvalue weighted by molar-refractivity contribution is -0.135. The van der Waals surface area contributed by atoms with Crippen LogP contribution in [0.4, 0.5) is 34.9 Å². The second-order valence-electron chi connectivity index (χ2n) is 8.18. The molecule has 0 aliphatic rings. The maximum absolute atomic E-state index is 13.1. The minimum Gasteiger partial charge on any atom is -0.365 e. The van der Waals surface area contributed by atoms with Gasteiger partial charge in [0.25, 0.3) is 11.5 Å². The molecule has 0 unspecified atom stereocenters. The fraction of sp³-hybridized carbons (Fsp3) is 0.240. The minimum absolute atomic E-state index is 0.0418. The highest BCUT2D eigenvalue weighted by Gasteiger charge is 2.29. The van der Waals surface area contributed by atoms with E-state index in [0.717, 1.165) is 15.9 Å². The highest BCUT2D eigenvalue weighted by atomic mass is 32.1. The Bertz CT molecular complexity index is 1610. The molecule has 0 saturated carbocycles. The van der Waals surface area contributed by atoms with Gasteiger partial charge in [0.15, 0.2) is 5.57 Å². The molecule has 0 fully saturated rings. The number of thiazole rings is 1. The summed E-state index contributed by atoms with van der Waals surface area (Å²) in [6.45, 7) is -0.0265. The normalized spacial score (nSPS) is 12.4. The molecule has 3 N–H and O–H groups in total. The van der Waals surface area contributed by atoms with Crippen molar-refractivity contribution in [2.24, 2.45) is 0 Å². The van der Waals surface area contributed by atoms with Crippen molar-refractivity contribution < 1.29 is 27.2 Å². The summed E-state index contributed by atoms with van der Waals surface area (Å²) in [7, 11) is 1.67. The second kappa shape index (κ2) is 12.9. The molecule has 0 aliphatic carbocycles. The number of rotatable bonds is 9. The van der Waals surface area contributed by atoms with Gasteiger partial charge in [-0.1, -0.05) is 6.07 Å². The molecule has 2 amide bonds. The number of likely N-dealkylation sites (N-methyl/N-ethyl adjacent to an activating group) is 1. The van der Waals surface area contributed by atoms with Gasteiger partial charge in [-0.05, 0) is 43.3 Å². The predicted molar refractivity (Wildman–Crippen MR) is 142 cm³/mol. The summed E-state index contributed by atoms with van der Waals surface area (Å²) in [5.41, 5.74) is -0.557. The molecule has 0 radical (unpaired) electrons. The molecule has 0 aliphatic heterocycles. The molecule has 0 saturated heterocycles. The third-order valence-corrected chi connectivity index (χ3v) is 6.37. The monoisotopic (exact) mass is 577 g/mol. The number of amides is 2. The van der Waals surface area contributed by atoms with Crippen LogP contribution in [0.1, 0.15) is 6.92 Å². The van der Waals surface area contributed by atoms with Crippen LogP contribution in [0.15, 0.2) is 47.3 Å². The molecule has 15 heteroatoms. The number of hydrogen-bond donors (Lipinski definition) is 3. The number of carbonyl (C=O) groups excluding carboxylic acids is 2. The van der Waals surface area contributed by atoms with Crippen LogP contribution < -0.4 is 35.6 Å². The zero-order chi connectivity index (χ0) is 29.4. The number of halogens is 4. The Labute approximate surface area is 228 Å². The molecule has 0 bridgehead atoms. The Balaban J connectivity index is 1.79. The van der Waals surface area contributed by atoms with Gasteiger partial charge in [-0.3, -0.25) is 19.0 Å². The van der Waals surface area contributed by atoms with E-state index in [1.165, 1.54) is 30.5 Å². The van der Waals surface area contributed by atoms with Gasteiger partial charge in [0.05, 0.1) is 6.54 Å².